The van der Waals surface area contributed by atoms with Crippen LogP contribution in [0, 0.1) is 0 Å². The Bertz CT molecular complexity index is 171. The van der Waals surface area contributed by atoms with Crippen molar-refractivity contribution in [3.05, 3.63) is 11.6 Å². The molecule has 6 heteroatoms. The van der Waals surface area contributed by atoms with E-state index in [0.717, 1.165) is 6.92 Å². The van der Waals surface area contributed by atoms with E-state index in [2.05, 4.69) is 0 Å². The molecule has 0 aliphatic heterocycles. The quantitative estimate of drug-likeness (QED) is 0.441. The van der Waals surface area contributed by atoms with Crippen molar-refractivity contribution in [1.82, 2.24) is 0 Å². The molecule has 72 valence electrons. The Morgan fingerprint density at radius 2 is 1.50 bits per heavy atom. The second-order valence-corrected chi connectivity index (χ2v) is 2.06. The van der Waals surface area contributed by atoms with Gasteiger partial charge >= 0.3 is 12.4 Å². The molecule has 0 saturated carbocycles. The SMILES string of the molecule is CC/C(=C\C(F)(F)F)C(F)(F)F. The van der Waals surface area contributed by atoms with Gasteiger partial charge in [0.2, 0.25) is 0 Å². The molecule has 0 spiro atoms. The zero-order valence-corrected chi connectivity index (χ0v) is 6.05. The monoisotopic (exact) mass is 192 g/mol. The van der Waals surface area contributed by atoms with E-state index in [-0.39, 0.29) is 0 Å². The lowest BCUT2D eigenvalue weighted by Crippen LogP contribution is -2.15. The zero-order chi connectivity index (χ0) is 9.99. The van der Waals surface area contributed by atoms with E-state index >= 15 is 0 Å². The molecule has 0 aliphatic rings. The highest BCUT2D eigenvalue weighted by atomic mass is 19.4. The minimum atomic E-state index is -4.90. The van der Waals surface area contributed by atoms with Crippen molar-refractivity contribution < 1.29 is 26.3 Å². The van der Waals surface area contributed by atoms with Crippen LogP contribution in [0.25, 0.3) is 0 Å². The normalized spacial score (nSPS) is 15.1. The highest BCUT2D eigenvalue weighted by Crippen LogP contribution is 2.31. The summed E-state index contributed by atoms with van der Waals surface area (Å²) >= 11 is 0. The van der Waals surface area contributed by atoms with Crippen LogP contribution in [-0.2, 0) is 0 Å². The Hall–Kier alpha value is -0.680. The molecule has 0 nitrogen and oxygen atoms in total. The Morgan fingerprint density at radius 3 is 1.58 bits per heavy atom. The summed E-state index contributed by atoms with van der Waals surface area (Å²) in [5.41, 5.74) is -1.56. The standard InChI is InChI=1S/C6H6F6/c1-2-4(6(10,11)12)3-5(7,8)9/h3H,2H2,1H3/b4-3+. The van der Waals surface area contributed by atoms with Crippen LogP contribution in [0.4, 0.5) is 26.3 Å². The first-order valence-electron chi connectivity index (χ1n) is 3.02. The third kappa shape index (κ3) is 4.25. The van der Waals surface area contributed by atoms with Gasteiger partial charge in [0, 0.05) is 11.6 Å². The Morgan fingerprint density at radius 1 is 1.08 bits per heavy atom. The van der Waals surface area contributed by atoms with Gasteiger partial charge in [0.1, 0.15) is 0 Å². The third-order valence-electron chi connectivity index (χ3n) is 1.08. The van der Waals surface area contributed by atoms with Gasteiger partial charge in [-0.3, -0.25) is 0 Å². The van der Waals surface area contributed by atoms with E-state index in [1.165, 1.54) is 0 Å². The number of alkyl halides is 6. The summed E-state index contributed by atoms with van der Waals surface area (Å²) in [6, 6.07) is 0. The first-order valence-corrected chi connectivity index (χ1v) is 3.02. The Kier molecular flexibility index (Phi) is 3.17. The van der Waals surface area contributed by atoms with Crippen molar-refractivity contribution >= 4 is 0 Å². The number of hydrogen-bond donors (Lipinski definition) is 0. The van der Waals surface area contributed by atoms with Gasteiger partial charge in [0.25, 0.3) is 0 Å². The maximum absolute atomic E-state index is 11.7. The lowest BCUT2D eigenvalue weighted by molar-refractivity contribution is -0.109. The number of allylic oxidation sites excluding steroid dienone is 2. The molecular formula is C6H6F6. The average molecular weight is 192 g/mol. The fourth-order valence-electron chi connectivity index (χ4n) is 0.582. The van der Waals surface area contributed by atoms with Crippen LogP contribution in [0.3, 0.4) is 0 Å². The van der Waals surface area contributed by atoms with Crippen LogP contribution >= 0.6 is 0 Å². The summed E-state index contributed by atoms with van der Waals surface area (Å²) in [4.78, 5) is 0. The number of rotatable bonds is 1. The largest absolute Gasteiger partial charge is 0.412 e. The molecule has 0 aromatic rings. The van der Waals surface area contributed by atoms with Crippen LogP contribution in [0.1, 0.15) is 13.3 Å². The third-order valence-corrected chi connectivity index (χ3v) is 1.08. The smallest absolute Gasteiger partial charge is 0.167 e. The summed E-state index contributed by atoms with van der Waals surface area (Å²) in [6.07, 6.45) is -11.2. The lowest BCUT2D eigenvalue weighted by atomic mass is 10.2. The molecule has 0 atom stereocenters. The van der Waals surface area contributed by atoms with Gasteiger partial charge in [0.05, 0.1) is 0 Å². The maximum atomic E-state index is 11.7. The van der Waals surface area contributed by atoms with Crippen molar-refractivity contribution in [2.24, 2.45) is 0 Å². The minimum Gasteiger partial charge on any atom is -0.167 e. The molecule has 0 heterocycles. The first kappa shape index (κ1) is 11.3. The summed E-state index contributed by atoms with van der Waals surface area (Å²) in [5.74, 6) is 0. The molecule has 0 radical (unpaired) electrons. The van der Waals surface area contributed by atoms with Gasteiger partial charge in [-0.25, -0.2) is 0 Å². The van der Waals surface area contributed by atoms with Crippen molar-refractivity contribution in [3.8, 4) is 0 Å². The van der Waals surface area contributed by atoms with Gasteiger partial charge in [-0.2, -0.15) is 26.3 Å². The van der Waals surface area contributed by atoms with Crippen LogP contribution in [-0.4, -0.2) is 12.4 Å². The molecule has 0 rings (SSSR count). The van der Waals surface area contributed by atoms with E-state index in [1.807, 2.05) is 0 Å². The highest BCUT2D eigenvalue weighted by Gasteiger charge is 2.36. The second-order valence-electron chi connectivity index (χ2n) is 2.06. The van der Waals surface area contributed by atoms with Gasteiger partial charge < -0.3 is 0 Å². The second kappa shape index (κ2) is 3.37. The molecule has 0 bridgehead atoms. The molecule has 0 saturated heterocycles. The Labute approximate surface area is 64.9 Å². The fraction of sp³-hybridized carbons (Fsp3) is 0.667. The van der Waals surface area contributed by atoms with Gasteiger partial charge in [-0.1, -0.05) is 6.92 Å². The topological polar surface area (TPSA) is 0 Å². The molecule has 0 amide bonds. The highest BCUT2D eigenvalue weighted by molar-refractivity contribution is 5.10. The van der Waals surface area contributed by atoms with Crippen LogP contribution in [0.15, 0.2) is 11.6 Å². The van der Waals surface area contributed by atoms with Crippen LogP contribution in [0.5, 0.6) is 0 Å². The molecule has 0 fully saturated rings. The molecule has 0 aromatic carbocycles. The van der Waals surface area contributed by atoms with Gasteiger partial charge in [0.15, 0.2) is 0 Å². The van der Waals surface area contributed by atoms with Gasteiger partial charge in [-0.15, -0.1) is 0 Å². The average Bonchev–Trinajstić information content (AvgIpc) is 1.78. The summed E-state index contributed by atoms with van der Waals surface area (Å²) in [6.45, 7) is 1.02. The van der Waals surface area contributed by atoms with Crippen molar-refractivity contribution in [2.45, 2.75) is 25.7 Å². The molecule has 0 aliphatic carbocycles. The molecule has 0 aromatic heterocycles. The van der Waals surface area contributed by atoms with E-state index in [0.29, 0.717) is 0 Å². The lowest BCUT2D eigenvalue weighted by Gasteiger charge is -2.10. The molecule has 0 N–H and O–H groups in total. The summed E-state index contributed by atoms with van der Waals surface area (Å²) in [7, 11) is 0. The van der Waals surface area contributed by atoms with Crippen LogP contribution in [0.2, 0.25) is 0 Å². The maximum Gasteiger partial charge on any atom is 0.412 e. The summed E-state index contributed by atoms with van der Waals surface area (Å²) in [5, 5.41) is 0. The first-order chi connectivity index (χ1) is 5.17. The van der Waals surface area contributed by atoms with Crippen molar-refractivity contribution in [3.63, 3.8) is 0 Å². The molecule has 0 unspecified atom stereocenters. The van der Waals surface area contributed by atoms with E-state index in [4.69, 9.17) is 0 Å². The minimum absolute atomic E-state index is 0.678. The number of halogens is 6. The Balaban J connectivity index is 4.68. The fourth-order valence-corrected chi connectivity index (χ4v) is 0.582. The van der Waals surface area contributed by atoms with E-state index in [9.17, 15) is 26.3 Å². The number of hydrogen-bond acceptors (Lipinski definition) is 0. The van der Waals surface area contributed by atoms with Gasteiger partial charge in [-0.05, 0) is 6.42 Å². The summed E-state index contributed by atoms with van der Waals surface area (Å²) < 4.78 is 69.4. The van der Waals surface area contributed by atoms with Crippen LogP contribution < -0.4 is 0 Å². The zero-order valence-electron chi connectivity index (χ0n) is 6.05. The van der Waals surface area contributed by atoms with E-state index < -0.39 is 30.4 Å². The van der Waals surface area contributed by atoms with Crippen molar-refractivity contribution in [2.75, 3.05) is 0 Å². The predicted molar refractivity (Wildman–Crippen MR) is 30.5 cm³/mol. The molecule has 12 heavy (non-hydrogen) atoms. The van der Waals surface area contributed by atoms with Crippen molar-refractivity contribution in [1.29, 1.82) is 0 Å². The van der Waals surface area contributed by atoms with E-state index in [1.54, 1.807) is 0 Å². The molecular weight excluding hydrogens is 186 g/mol. The predicted octanol–water partition coefficient (Wildman–Crippen LogP) is 3.45.